The molecule has 0 amide bonds. The third kappa shape index (κ3) is 2.14. The lowest BCUT2D eigenvalue weighted by Gasteiger charge is -2.26. The van der Waals surface area contributed by atoms with Gasteiger partial charge in [-0.15, -0.1) is 0 Å². The zero-order chi connectivity index (χ0) is 10.7. The Morgan fingerprint density at radius 2 is 2.13 bits per heavy atom. The quantitative estimate of drug-likeness (QED) is 0.699. The van der Waals surface area contributed by atoms with Gasteiger partial charge in [-0.05, 0) is 19.3 Å². The first kappa shape index (κ1) is 10.1. The molecule has 0 spiro atoms. The van der Waals surface area contributed by atoms with Crippen LogP contribution in [0.2, 0.25) is 0 Å². The molecule has 0 bridgehead atoms. The van der Waals surface area contributed by atoms with Crippen LogP contribution in [0.25, 0.3) is 0 Å². The molecule has 1 fully saturated rings. The molecule has 0 saturated carbocycles. The van der Waals surface area contributed by atoms with Crippen LogP contribution in [0.1, 0.15) is 29.8 Å². The molecule has 1 aliphatic heterocycles. The van der Waals surface area contributed by atoms with Gasteiger partial charge >= 0.3 is 5.97 Å². The zero-order valence-electron chi connectivity index (χ0n) is 8.86. The molecule has 0 aromatic carbocycles. The van der Waals surface area contributed by atoms with Gasteiger partial charge in [-0.25, -0.2) is 4.79 Å². The molecule has 4 nitrogen and oxygen atoms in total. The predicted molar refractivity (Wildman–Crippen MR) is 56.1 cm³/mol. The molecule has 1 aromatic rings. The van der Waals surface area contributed by atoms with Crippen LogP contribution in [0.3, 0.4) is 0 Å². The van der Waals surface area contributed by atoms with E-state index in [0.717, 1.165) is 18.8 Å². The van der Waals surface area contributed by atoms with Gasteiger partial charge in [-0.2, -0.15) is 0 Å². The van der Waals surface area contributed by atoms with Crippen LogP contribution >= 0.6 is 0 Å². The van der Waals surface area contributed by atoms with Gasteiger partial charge < -0.3 is 14.1 Å². The molecule has 0 radical (unpaired) electrons. The molecule has 0 unspecified atom stereocenters. The SMILES string of the molecule is COC(=O)c1cc(N2CCCCC2)co1. The van der Waals surface area contributed by atoms with E-state index < -0.39 is 5.97 Å². The van der Waals surface area contributed by atoms with E-state index in [4.69, 9.17) is 4.42 Å². The van der Waals surface area contributed by atoms with Gasteiger partial charge in [0.05, 0.1) is 12.8 Å². The lowest BCUT2D eigenvalue weighted by molar-refractivity contribution is 0.0565. The highest BCUT2D eigenvalue weighted by molar-refractivity contribution is 5.87. The van der Waals surface area contributed by atoms with E-state index in [1.54, 1.807) is 12.3 Å². The average Bonchev–Trinajstić information content (AvgIpc) is 2.78. The van der Waals surface area contributed by atoms with Crippen molar-refractivity contribution in [3.63, 3.8) is 0 Å². The summed E-state index contributed by atoms with van der Waals surface area (Å²) in [6, 6.07) is 1.75. The Kier molecular flexibility index (Phi) is 2.94. The van der Waals surface area contributed by atoms with E-state index in [1.165, 1.54) is 26.4 Å². The van der Waals surface area contributed by atoms with Gasteiger partial charge in [0.25, 0.3) is 0 Å². The maximum atomic E-state index is 11.2. The number of anilines is 1. The number of methoxy groups -OCH3 is 1. The molecule has 2 rings (SSSR count). The number of piperidine rings is 1. The summed E-state index contributed by atoms with van der Waals surface area (Å²) in [4.78, 5) is 13.4. The third-order valence-corrected chi connectivity index (χ3v) is 2.69. The first-order valence-corrected chi connectivity index (χ1v) is 5.23. The second kappa shape index (κ2) is 4.38. The second-order valence-electron chi connectivity index (χ2n) is 3.71. The fraction of sp³-hybridized carbons (Fsp3) is 0.545. The highest BCUT2D eigenvalue weighted by atomic mass is 16.5. The summed E-state index contributed by atoms with van der Waals surface area (Å²) in [7, 11) is 1.35. The summed E-state index contributed by atoms with van der Waals surface area (Å²) in [5, 5.41) is 0. The number of esters is 1. The fourth-order valence-electron chi connectivity index (χ4n) is 1.85. The minimum Gasteiger partial charge on any atom is -0.463 e. The lowest BCUT2D eigenvalue weighted by atomic mass is 10.1. The predicted octanol–water partition coefficient (Wildman–Crippen LogP) is 2.06. The van der Waals surface area contributed by atoms with E-state index in [-0.39, 0.29) is 5.76 Å². The van der Waals surface area contributed by atoms with Gasteiger partial charge in [0.15, 0.2) is 0 Å². The van der Waals surface area contributed by atoms with Crippen LogP contribution < -0.4 is 4.90 Å². The maximum Gasteiger partial charge on any atom is 0.374 e. The van der Waals surface area contributed by atoms with Gasteiger partial charge in [0.1, 0.15) is 6.26 Å². The number of hydrogen-bond acceptors (Lipinski definition) is 4. The molecular weight excluding hydrogens is 194 g/mol. The Labute approximate surface area is 88.8 Å². The summed E-state index contributed by atoms with van der Waals surface area (Å²) in [5.41, 5.74) is 0.982. The molecule has 0 aliphatic carbocycles. The van der Waals surface area contributed by atoms with Crippen molar-refractivity contribution in [1.29, 1.82) is 0 Å². The number of ether oxygens (including phenoxy) is 1. The Morgan fingerprint density at radius 3 is 2.80 bits per heavy atom. The first-order chi connectivity index (χ1) is 7.31. The molecule has 15 heavy (non-hydrogen) atoms. The Bertz CT molecular complexity index is 339. The van der Waals surface area contributed by atoms with E-state index in [9.17, 15) is 4.79 Å². The summed E-state index contributed by atoms with van der Waals surface area (Å²) in [5.74, 6) is -0.142. The van der Waals surface area contributed by atoms with Crippen LogP contribution in [-0.2, 0) is 4.74 Å². The summed E-state index contributed by atoms with van der Waals surface area (Å²) in [6.07, 6.45) is 5.33. The lowest BCUT2D eigenvalue weighted by Crippen LogP contribution is -2.28. The zero-order valence-corrected chi connectivity index (χ0v) is 8.86. The molecule has 2 heterocycles. The molecular formula is C11H15NO3. The molecule has 82 valence electrons. The summed E-state index contributed by atoms with van der Waals surface area (Å²) < 4.78 is 9.74. The van der Waals surface area contributed by atoms with E-state index in [0.29, 0.717) is 0 Å². The van der Waals surface area contributed by atoms with Gasteiger partial charge in [-0.1, -0.05) is 0 Å². The Morgan fingerprint density at radius 1 is 1.40 bits per heavy atom. The highest BCUT2D eigenvalue weighted by Gasteiger charge is 2.16. The molecule has 0 atom stereocenters. The molecule has 1 aromatic heterocycles. The van der Waals surface area contributed by atoms with Crippen molar-refractivity contribution >= 4 is 11.7 Å². The molecule has 0 N–H and O–H groups in total. The standard InChI is InChI=1S/C11H15NO3/c1-14-11(13)10-7-9(8-15-10)12-5-3-2-4-6-12/h7-8H,2-6H2,1H3. The molecule has 1 aliphatic rings. The van der Waals surface area contributed by atoms with Crippen molar-refractivity contribution in [2.75, 3.05) is 25.1 Å². The number of hydrogen-bond donors (Lipinski definition) is 0. The number of furan rings is 1. The minimum atomic E-state index is -0.418. The van der Waals surface area contributed by atoms with Crippen LogP contribution in [-0.4, -0.2) is 26.2 Å². The maximum absolute atomic E-state index is 11.2. The topological polar surface area (TPSA) is 42.7 Å². The largest absolute Gasteiger partial charge is 0.463 e. The van der Waals surface area contributed by atoms with Gasteiger partial charge in [0, 0.05) is 19.2 Å². The van der Waals surface area contributed by atoms with E-state index >= 15 is 0 Å². The van der Waals surface area contributed by atoms with Crippen molar-refractivity contribution in [2.45, 2.75) is 19.3 Å². The van der Waals surface area contributed by atoms with Crippen LogP contribution in [0.15, 0.2) is 16.7 Å². The third-order valence-electron chi connectivity index (χ3n) is 2.69. The van der Waals surface area contributed by atoms with Crippen molar-refractivity contribution in [3.05, 3.63) is 18.1 Å². The number of rotatable bonds is 2. The van der Waals surface area contributed by atoms with Crippen molar-refractivity contribution in [2.24, 2.45) is 0 Å². The van der Waals surface area contributed by atoms with Crippen LogP contribution in [0.5, 0.6) is 0 Å². The number of carbonyl (C=O) groups is 1. The molecule has 4 heteroatoms. The monoisotopic (exact) mass is 209 g/mol. The summed E-state index contributed by atoms with van der Waals surface area (Å²) in [6.45, 7) is 2.08. The number of carbonyl (C=O) groups excluding carboxylic acids is 1. The Balaban J connectivity index is 2.08. The van der Waals surface area contributed by atoms with Crippen molar-refractivity contribution in [3.8, 4) is 0 Å². The first-order valence-electron chi connectivity index (χ1n) is 5.23. The van der Waals surface area contributed by atoms with E-state index in [1.807, 2.05) is 0 Å². The smallest absolute Gasteiger partial charge is 0.374 e. The Hall–Kier alpha value is -1.45. The van der Waals surface area contributed by atoms with Crippen LogP contribution in [0, 0.1) is 0 Å². The van der Waals surface area contributed by atoms with Crippen molar-refractivity contribution < 1.29 is 13.9 Å². The van der Waals surface area contributed by atoms with Gasteiger partial charge in [-0.3, -0.25) is 0 Å². The van der Waals surface area contributed by atoms with Gasteiger partial charge in [0.2, 0.25) is 5.76 Å². The fourth-order valence-corrected chi connectivity index (χ4v) is 1.85. The summed E-state index contributed by atoms with van der Waals surface area (Å²) >= 11 is 0. The normalized spacial score (nSPS) is 16.5. The minimum absolute atomic E-state index is 0.276. The van der Waals surface area contributed by atoms with Crippen LogP contribution in [0.4, 0.5) is 5.69 Å². The highest BCUT2D eigenvalue weighted by Crippen LogP contribution is 2.22. The molecule has 1 saturated heterocycles. The number of nitrogens with zero attached hydrogens (tertiary/aromatic N) is 1. The average molecular weight is 209 g/mol. The second-order valence-corrected chi connectivity index (χ2v) is 3.71. The van der Waals surface area contributed by atoms with E-state index in [2.05, 4.69) is 9.64 Å². The van der Waals surface area contributed by atoms with Crippen molar-refractivity contribution in [1.82, 2.24) is 0 Å².